The molecule has 3 atom stereocenters. The van der Waals surface area contributed by atoms with E-state index in [-0.39, 0.29) is 12.1 Å². The van der Waals surface area contributed by atoms with Crippen LogP contribution in [0.5, 0.6) is 0 Å². The van der Waals surface area contributed by atoms with Crippen LogP contribution in [0.3, 0.4) is 0 Å². The lowest BCUT2D eigenvalue weighted by atomic mass is 10.0. The van der Waals surface area contributed by atoms with Gasteiger partial charge in [0.05, 0.1) is 11.7 Å². The maximum absolute atomic E-state index is 6.18. The van der Waals surface area contributed by atoms with Gasteiger partial charge >= 0.3 is 0 Å². The van der Waals surface area contributed by atoms with Crippen LogP contribution < -0.4 is 5.73 Å². The van der Waals surface area contributed by atoms with Gasteiger partial charge in [-0.3, -0.25) is 9.88 Å². The van der Waals surface area contributed by atoms with Gasteiger partial charge in [0.15, 0.2) is 0 Å². The van der Waals surface area contributed by atoms with Crippen molar-refractivity contribution in [3.05, 3.63) is 30.1 Å². The molecule has 1 aliphatic rings. The highest BCUT2D eigenvalue weighted by Gasteiger charge is 2.28. The molecule has 1 aromatic heterocycles. The number of nitrogens with zero attached hydrogens (tertiary/aromatic N) is 3. The summed E-state index contributed by atoms with van der Waals surface area (Å²) in [5.74, 6) is 0. The Morgan fingerprint density at radius 3 is 2.84 bits per heavy atom. The standard InChI is InChI=1S/C15H26N4/c1-12(16)15(14-8-4-5-9-17-14)19(3)11-13-7-6-10-18(13)2/h4-5,8-9,12-13,15H,6-7,10-11,16H2,1-3H3. The summed E-state index contributed by atoms with van der Waals surface area (Å²) >= 11 is 0. The second kappa shape index (κ2) is 6.46. The number of likely N-dealkylation sites (N-methyl/N-ethyl adjacent to an activating group) is 2. The zero-order valence-electron chi connectivity index (χ0n) is 12.3. The van der Waals surface area contributed by atoms with Crippen LogP contribution in [0.1, 0.15) is 31.5 Å². The third-order valence-electron chi connectivity index (χ3n) is 4.13. The Morgan fingerprint density at radius 1 is 1.53 bits per heavy atom. The fraction of sp³-hybridized carbons (Fsp3) is 0.667. The normalized spacial score (nSPS) is 23.7. The number of pyridine rings is 1. The summed E-state index contributed by atoms with van der Waals surface area (Å²) in [5.41, 5.74) is 7.25. The van der Waals surface area contributed by atoms with Gasteiger partial charge in [0.2, 0.25) is 0 Å². The molecule has 0 spiro atoms. The van der Waals surface area contributed by atoms with Gasteiger partial charge in [-0.05, 0) is 52.5 Å². The van der Waals surface area contributed by atoms with E-state index in [4.69, 9.17) is 5.73 Å². The number of nitrogens with two attached hydrogens (primary N) is 1. The van der Waals surface area contributed by atoms with Crippen molar-refractivity contribution in [2.24, 2.45) is 5.73 Å². The topological polar surface area (TPSA) is 45.4 Å². The summed E-state index contributed by atoms with van der Waals surface area (Å²) in [5, 5.41) is 0. The van der Waals surface area contributed by atoms with Gasteiger partial charge in [-0.15, -0.1) is 0 Å². The number of aromatic nitrogens is 1. The molecule has 3 unspecified atom stereocenters. The van der Waals surface area contributed by atoms with E-state index in [1.807, 2.05) is 18.3 Å². The van der Waals surface area contributed by atoms with Crippen LogP contribution in [-0.4, -0.2) is 54.1 Å². The highest BCUT2D eigenvalue weighted by Crippen LogP contribution is 2.23. The third-order valence-corrected chi connectivity index (χ3v) is 4.13. The zero-order chi connectivity index (χ0) is 13.8. The van der Waals surface area contributed by atoms with Crippen LogP contribution in [0.25, 0.3) is 0 Å². The van der Waals surface area contributed by atoms with Crippen LogP contribution in [-0.2, 0) is 0 Å². The first-order valence-corrected chi connectivity index (χ1v) is 7.16. The van der Waals surface area contributed by atoms with Crippen molar-refractivity contribution in [2.75, 3.05) is 27.2 Å². The molecular weight excluding hydrogens is 236 g/mol. The molecule has 0 amide bonds. The summed E-state index contributed by atoms with van der Waals surface area (Å²) < 4.78 is 0. The van der Waals surface area contributed by atoms with Gasteiger partial charge in [-0.2, -0.15) is 0 Å². The first-order chi connectivity index (χ1) is 9.09. The number of rotatable bonds is 5. The quantitative estimate of drug-likeness (QED) is 0.873. The van der Waals surface area contributed by atoms with Crippen molar-refractivity contribution in [1.82, 2.24) is 14.8 Å². The molecule has 0 bridgehead atoms. The molecule has 1 fully saturated rings. The highest BCUT2D eigenvalue weighted by atomic mass is 15.2. The Hall–Kier alpha value is -0.970. The number of likely N-dealkylation sites (tertiary alicyclic amines) is 1. The van der Waals surface area contributed by atoms with Crippen molar-refractivity contribution >= 4 is 0 Å². The van der Waals surface area contributed by atoms with E-state index >= 15 is 0 Å². The number of hydrogen-bond donors (Lipinski definition) is 1. The summed E-state index contributed by atoms with van der Waals surface area (Å²) in [6, 6.07) is 6.97. The Morgan fingerprint density at radius 2 is 2.32 bits per heavy atom. The van der Waals surface area contributed by atoms with Gasteiger partial charge in [0.1, 0.15) is 0 Å². The monoisotopic (exact) mass is 262 g/mol. The Bertz CT molecular complexity index is 379. The molecule has 2 rings (SSSR count). The molecule has 0 radical (unpaired) electrons. The van der Waals surface area contributed by atoms with Crippen LogP contribution in [0.2, 0.25) is 0 Å². The predicted molar refractivity (Wildman–Crippen MR) is 78.9 cm³/mol. The largest absolute Gasteiger partial charge is 0.326 e. The van der Waals surface area contributed by atoms with Crippen molar-refractivity contribution in [3.63, 3.8) is 0 Å². The smallest absolute Gasteiger partial charge is 0.0669 e. The molecular formula is C15H26N4. The van der Waals surface area contributed by atoms with Gasteiger partial charge in [0, 0.05) is 24.8 Å². The van der Waals surface area contributed by atoms with E-state index in [9.17, 15) is 0 Å². The minimum Gasteiger partial charge on any atom is -0.326 e. The lowest BCUT2D eigenvalue weighted by Gasteiger charge is -2.34. The van der Waals surface area contributed by atoms with Crippen molar-refractivity contribution < 1.29 is 0 Å². The second-order valence-electron chi connectivity index (χ2n) is 5.77. The van der Waals surface area contributed by atoms with Crippen LogP contribution in [0, 0.1) is 0 Å². The lowest BCUT2D eigenvalue weighted by Crippen LogP contribution is -2.43. The minimum absolute atomic E-state index is 0.0756. The maximum Gasteiger partial charge on any atom is 0.0669 e. The molecule has 1 aliphatic heterocycles. The SMILES string of the molecule is CC(N)C(c1ccccn1)N(C)CC1CCCN1C. The molecule has 2 N–H and O–H groups in total. The van der Waals surface area contributed by atoms with Crippen molar-refractivity contribution in [3.8, 4) is 0 Å². The van der Waals surface area contributed by atoms with Gasteiger partial charge in [-0.1, -0.05) is 6.07 Å². The molecule has 4 heteroatoms. The summed E-state index contributed by atoms with van der Waals surface area (Å²) in [4.78, 5) is 9.29. The molecule has 106 valence electrons. The zero-order valence-corrected chi connectivity index (χ0v) is 12.3. The summed E-state index contributed by atoms with van der Waals surface area (Å²) in [7, 11) is 4.38. The lowest BCUT2D eigenvalue weighted by molar-refractivity contribution is 0.160. The molecule has 19 heavy (non-hydrogen) atoms. The molecule has 0 aliphatic carbocycles. The fourth-order valence-electron chi connectivity index (χ4n) is 3.10. The highest BCUT2D eigenvalue weighted by molar-refractivity contribution is 5.11. The second-order valence-corrected chi connectivity index (χ2v) is 5.77. The van der Waals surface area contributed by atoms with E-state index < -0.39 is 0 Å². The minimum atomic E-state index is 0.0756. The average Bonchev–Trinajstić information content (AvgIpc) is 2.76. The first kappa shape index (κ1) is 14.4. The molecule has 0 aromatic carbocycles. The molecule has 1 saturated heterocycles. The van der Waals surface area contributed by atoms with E-state index in [2.05, 4.69) is 41.9 Å². The molecule has 1 aromatic rings. The van der Waals surface area contributed by atoms with E-state index in [1.54, 1.807) is 0 Å². The molecule has 2 heterocycles. The van der Waals surface area contributed by atoms with E-state index in [0.717, 1.165) is 12.2 Å². The van der Waals surface area contributed by atoms with Crippen LogP contribution >= 0.6 is 0 Å². The summed E-state index contributed by atoms with van der Waals surface area (Å²) in [6.07, 6.45) is 4.44. The van der Waals surface area contributed by atoms with Crippen LogP contribution in [0.15, 0.2) is 24.4 Å². The summed E-state index contributed by atoms with van der Waals surface area (Å²) in [6.45, 7) is 4.33. The fourth-order valence-corrected chi connectivity index (χ4v) is 3.10. The Labute approximate surface area is 116 Å². The predicted octanol–water partition coefficient (Wildman–Crippen LogP) is 1.50. The van der Waals surface area contributed by atoms with Gasteiger partial charge in [-0.25, -0.2) is 0 Å². The number of hydrogen-bond acceptors (Lipinski definition) is 4. The van der Waals surface area contributed by atoms with E-state index in [0.29, 0.717) is 6.04 Å². The van der Waals surface area contributed by atoms with Crippen LogP contribution in [0.4, 0.5) is 0 Å². The van der Waals surface area contributed by atoms with Crippen molar-refractivity contribution in [1.29, 1.82) is 0 Å². The third kappa shape index (κ3) is 3.53. The Kier molecular flexibility index (Phi) is 4.91. The maximum atomic E-state index is 6.18. The first-order valence-electron chi connectivity index (χ1n) is 7.16. The average molecular weight is 262 g/mol. The Balaban J connectivity index is 2.07. The van der Waals surface area contributed by atoms with E-state index in [1.165, 1.54) is 19.4 Å². The molecule has 4 nitrogen and oxygen atoms in total. The van der Waals surface area contributed by atoms with Crippen molar-refractivity contribution in [2.45, 2.75) is 37.9 Å². The van der Waals surface area contributed by atoms with Gasteiger partial charge in [0.25, 0.3) is 0 Å². The molecule has 0 saturated carbocycles. The van der Waals surface area contributed by atoms with Gasteiger partial charge < -0.3 is 10.6 Å².